The Morgan fingerprint density at radius 2 is 2.04 bits per heavy atom. The fraction of sp³-hybridized carbons (Fsp3) is 0.400. The number of carbonyl (C=O) groups is 1. The van der Waals surface area contributed by atoms with Crippen LogP contribution in [0.25, 0.3) is 0 Å². The molecule has 0 bridgehead atoms. The van der Waals surface area contributed by atoms with E-state index in [-0.39, 0.29) is 17.6 Å². The lowest BCUT2D eigenvalue weighted by atomic mass is 10.0. The maximum absolute atomic E-state index is 12.4. The first-order chi connectivity index (χ1) is 12.1. The van der Waals surface area contributed by atoms with Gasteiger partial charge in [0.2, 0.25) is 0 Å². The summed E-state index contributed by atoms with van der Waals surface area (Å²) in [4.78, 5) is 18.8. The van der Waals surface area contributed by atoms with Gasteiger partial charge in [-0.3, -0.25) is 0 Å². The Morgan fingerprint density at radius 1 is 1.24 bits per heavy atom. The van der Waals surface area contributed by atoms with Gasteiger partial charge in [-0.15, -0.1) is 0 Å². The number of likely N-dealkylation sites (tertiary alicyclic amines) is 1. The number of hydrogen-bond donors (Lipinski definition) is 1. The minimum atomic E-state index is -0.225. The average molecular weight is 337 g/mol. The standard InChI is InChI=1S/C20H23N3O2/c1-15-6-5-9-18(21-15)22-17-12-23(14-20(17)10-11-20)19(24)25-13-16-7-3-2-4-8-16/h2-9,17H,10-14H2,1H3,(H,21,22). The van der Waals surface area contributed by atoms with Crippen LogP contribution < -0.4 is 5.32 Å². The molecule has 0 radical (unpaired) electrons. The molecule has 1 saturated carbocycles. The van der Waals surface area contributed by atoms with Crippen molar-refractivity contribution in [3.8, 4) is 0 Å². The van der Waals surface area contributed by atoms with E-state index in [2.05, 4.69) is 10.3 Å². The molecule has 1 atom stereocenters. The predicted molar refractivity (Wildman–Crippen MR) is 96.3 cm³/mol. The lowest BCUT2D eigenvalue weighted by Crippen LogP contribution is -2.32. The van der Waals surface area contributed by atoms with Crippen molar-refractivity contribution in [3.63, 3.8) is 0 Å². The summed E-state index contributed by atoms with van der Waals surface area (Å²) in [5, 5.41) is 3.53. The molecule has 1 aliphatic heterocycles. The molecule has 1 aromatic heterocycles. The number of carbonyl (C=O) groups excluding carboxylic acids is 1. The molecule has 1 saturated heterocycles. The van der Waals surface area contributed by atoms with Gasteiger partial charge in [-0.2, -0.15) is 0 Å². The minimum absolute atomic E-state index is 0.192. The fourth-order valence-corrected chi connectivity index (χ4v) is 3.59. The van der Waals surface area contributed by atoms with Crippen LogP contribution in [0.15, 0.2) is 48.5 Å². The summed E-state index contributed by atoms with van der Waals surface area (Å²) >= 11 is 0. The Hall–Kier alpha value is -2.56. The van der Waals surface area contributed by atoms with E-state index in [4.69, 9.17) is 4.74 Å². The molecule has 2 aromatic rings. The second kappa shape index (κ2) is 6.39. The van der Waals surface area contributed by atoms with Gasteiger partial charge in [0.15, 0.2) is 0 Å². The van der Waals surface area contributed by atoms with Crippen LogP contribution >= 0.6 is 0 Å². The molecule has 4 rings (SSSR count). The molecule has 2 aliphatic rings. The Balaban J connectivity index is 1.37. The molecule has 1 aromatic carbocycles. The molecule has 5 nitrogen and oxygen atoms in total. The van der Waals surface area contributed by atoms with E-state index in [1.807, 2.05) is 60.4 Å². The van der Waals surface area contributed by atoms with Gasteiger partial charge in [-0.1, -0.05) is 36.4 Å². The fourth-order valence-electron chi connectivity index (χ4n) is 3.59. The SMILES string of the molecule is Cc1cccc(NC2CN(C(=O)OCc3ccccc3)CC23CC3)n1. The zero-order chi connectivity index (χ0) is 17.3. The van der Waals surface area contributed by atoms with Crippen LogP contribution in [0.5, 0.6) is 0 Å². The monoisotopic (exact) mass is 337 g/mol. The lowest BCUT2D eigenvalue weighted by molar-refractivity contribution is 0.102. The molecule has 1 aliphatic carbocycles. The molecule has 1 unspecified atom stereocenters. The van der Waals surface area contributed by atoms with E-state index in [1.54, 1.807) is 0 Å². The topological polar surface area (TPSA) is 54.5 Å². The highest BCUT2D eigenvalue weighted by molar-refractivity contribution is 5.69. The van der Waals surface area contributed by atoms with Gasteiger partial charge in [0.25, 0.3) is 0 Å². The minimum Gasteiger partial charge on any atom is -0.445 e. The van der Waals surface area contributed by atoms with Crippen LogP contribution in [0.4, 0.5) is 10.6 Å². The normalized spacial score (nSPS) is 20.5. The summed E-state index contributed by atoms with van der Waals surface area (Å²) < 4.78 is 5.49. The van der Waals surface area contributed by atoms with Gasteiger partial charge < -0.3 is 15.0 Å². The van der Waals surface area contributed by atoms with Crippen LogP contribution in [-0.2, 0) is 11.3 Å². The molecular formula is C20H23N3O2. The number of ether oxygens (including phenoxy) is 1. The van der Waals surface area contributed by atoms with Gasteiger partial charge in [0.1, 0.15) is 12.4 Å². The Labute approximate surface area is 148 Å². The quantitative estimate of drug-likeness (QED) is 0.926. The van der Waals surface area contributed by atoms with E-state index in [0.717, 1.165) is 36.5 Å². The number of rotatable bonds is 4. The van der Waals surface area contributed by atoms with Crippen molar-refractivity contribution < 1.29 is 9.53 Å². The molecule has 1 amide bonds. The van der Waals surface area contributed by atoms with E-state index >= 15 is 0 Å². The summed E-state index contributed by atoms with van der Waals surface area (Å²) in [5.41, 5.74) is 2.19. The smallest absolute Gasteiger partial charge is 0.410 e. The van der Waals surface area contributed by atoms with E-state index < -0.39 is 0 Å². The number of pyridine rings is 1. The van der Waals surface area contributed by atoms with Gasteiger partial charge in [0.05, 0.1) is 6.04 Å². The summed E-state index contributed by atoms with van der Waals surface area (Å²) in [6, 6.07) is 16.0. The summed E-state index contributed by atoms with van der Waals surface area (Å²) in [7, 11) is 0. The third kappa shape index (κ3) is 3.45. The molecule has 2 fully saturated rings. The average Bonchev–Trinajstić information content (AvgIpc) is 3.31. The van der Waals surface area contributed by atoms with Crippen LogP contribution in [-0.4, -0.2) is 35.1 Å². The number of aromatic nitrogens is 1. The largest absolute Gasteiger partial charge is 0.445 e. The first-order valence-electron chi connectivity index (χ1n) is 8.80. The first kappa shape index (κ1) is 15.9. The zero-order valence-corrected chi connectivity index (χ0v) is 14.4. The lowest BCUT2D eigenvalue weighted by Gasteiger charge is -2.19. The van der Waals surface area contributed by atoms with Crippen LogP contribution in [0.3, 0.4) is 0 Å². The number of nitrogens with zero attached hydrogens (tertiary/aromatic N) is 2. The van der Waals surface area contributed by atoms with Gasteiger partial charge >= 0.3 is 6.09 Å². The third-order valence-electron chi connectivity index (χ3n) is 5.21. The molecule has 1 N–H and O–H groups in total. The highest BCUT2D eigenvalue weighted by atomic mass is 16.6. The second-order valence-electron chi connectivity index (χ2n) is 7.14. The highest BCUT2D eigenvalue weighted by Gasteiger charge is 2.56. The van der Waals surface area contributed by atoms with Gasteiger partial charge in [0, 0.05) is 24.2 Å². The number of anilines is 1. The molecule has 5 heteroatoms. The molecule has 1 spiro atoms. The van der Waals surface area contributed by atoms with Crippen LogP contribution in [0.2, 0.25) is 0 Å². The maximum atomic E-state index is 12.4. The Kier molecular flexibility index (Phi) is 4.07. The summed E-state index contributed by atoms with van der Waals surface area (Å²) in [6.45, 7) is 3.74. The number of amides is 1. The molecular weight excluding hydrogens is 314 g/mol. The highest BCUT2D eigenvalue weighted by Crippen LogP contribution is 2.53. The van der Waals surface area contributed by atoms with Crippen LogP contribution in [0.1, 0.15) is 24.1 Å². The predicted octanol–water partition coefficient (Wildman–Crippen LogP) is 3.60. The van der Waals surface area contributed by atoms with E-state index in [1.165, 1.54) is 0 Å². The van der Waals surface area contributed by atoms with Crippen molar-refractivity contribution in [2.75, 3.05) is 18.4 Å². The van der Waals surface area contributed by atoms with Gasteiger partial charge in [-0.25, -0.2) is 9.78 Å². The first-order valence-corrected chi connectivity index (χ1v) is 8.80. The zero-order valence-electron chi connectivity index (χ0n) is 14.4. The van der Waals surface area contributed by atoms with Crippen molar-refractivity contribution in [1.29, 1.82) is 0 Å². The Morgan fingerprint density at radius 3 is 2.76 bits per heavy atom. The van der Waals surface area contributed by atoms with Gasteiger partial charge in [-0.05, 0) is 37.5 Å². The maximum Gasteiger partial charge on any atom is 0.410 e. The number of hydrogen-bond acceptors (Lipinski definition) is 4. The van der Waals surface area contributed by atoms with Crippen molar-refractivity contribution in [2.24, 2.45) is 5.41 Å². The van der Waals surface area contributed by atoms with E-state index in [0.29, 0.717) is 13.2 Å². The van der Waals surface area contributed by atoms with E-state index in [9.17, 15) is 4.79 Å². The number of benzene rings is 1. The van der Waals surface area contributed by atoms with Crippen molar-refractivity contribution in [2.45, 2.75) is 32.4 Å². The second-order valence-corrected chi connectivity index (χ2v) is 7.14. The molecule has 130 valence electrons. The third-order valence-corrected chi connectivity index (χ3v) is 5.21. The number of nitrogens with one attached hydrogen (secondary N) is 1. The van der Waals surface area contributed by atoms with Crippen LogP contribution in [0, 0.1) is 12.3 Å². The van der Waals surface area contributed by atoms with Crippen molar-refractivity contribution in [3.05, 3.63) is 59.8 Å². The number of aryl methyl sites for hydroxylation is 1. The summed E-state index contributed by atoms with van der Waals surface area (Å²) in [6.07, 6.45) is 2.08. The molecule has 25 heavy (non-hydrogen) atoms. The summed E-state index contributed by atoms with van der Waals surface area (Å²) in [5.74, 6) is 0.885. The van der Waals surface area contributed by atoms with Crippen molar-refractivity contribution in [1.82, 2.24) is 9.88 Å². The van der Waals surface area contributed by atoms with Crippen molar-refractivity contribution >= 4 is 11.9 Å². The molecule has 2 heterocycles. The Bertz CT molecular complexity index is 759.